The summed E-state index contributed by atoms with van der Waals surface area (Å²) in [5, 5.41) is 10.1. The van der Waals surface area contributed by atoms with Gasteiger partial charge in [0.2, 0.25) is 0 Å². The van der Waals surface area contributed by atoms with E-state index in [1.54, 1.807) is 0 Å². The SMILES string of the molecule is CCC/C=C/C/C=C/CC[C@H](O)[C@H]1O[C@H]1C(OCC)OCC. The highest BCUT2D eigenvalue weighted by molar-refractivity contribution is 4.96. The Kier molecular flexibility index (Phi) is 10.4. The molecule has 0 aromatic carbocycles. The molecule has 0 bridgehead atoms. The van der Waals surface area contributed by atoms with E-state index in [4.69, 9.17) is 14.2 Å². The van der Waals surface area contributed by atoms with E-state index >= 15 is 0 Å². The van der Waals surface area contributed by atoms with Crippen LogP contribution in [0.15, 0.2) is 24.3 Å². The summed E-state index contributed by atoms with van der Waals surface area (Å²) in [5.74, 6) is 0. The molecule has 0 radical (unpaired) electrons. The number of rotatable bonds is 13. The maximum Gasteiger partial charge on any atom is 0.186 e. The second kappa shape index (κ2) is 11.8. The van der Waals surface area contributed by atoms with Crippen molar-refractivity contribution < 1.29 is 19.3 Å². The number of hydrogen-bond donors (Lipinski definition) is 1. The minimum absolute atomic E-state index is 0.129. The van der Waals surface area contributed by atoms with E-state index in [1.807, 2.05) is 13.8 Å². The van der Waals surface area contributed by atoms with Crippen LogP contribution in [-0.4, -0.2) is 42.9 Å². The first-order valence-corrected chi connectivity index (χ1v) is 8.61. The quantitative estimate of drug-likeness (QED) is 0.321. The van der Waals surface area contributed by atoms with E-state index < -0.39 is 6.10 Å². The van der Waals surface area contributed by atoms with Gasteiger partial charge in [-0.05, 0) is 39.5 Å². The smallest absolute Gasteiger partial charge is 0.186 e. The van der Waals surface area contributed by atoms with E-state index in [9.17, 15) is 5.11 Å². The van der Waals surface area contributed by atoms with Gasteiger partial charge in [0.25, 0.3) is 0 Å². The normalized spacial score (nSPS) is 23.0. The van der Waals surface area contributed by atoms with E-state index in [1.165, 1.54) is 6.42 Å². The van der Waals surface area contributed by atoms with Crippen molar-refractivity contribution in [2.24, 2.45) is 0 Å². The number of hydrogen-bond acceptors (Lipinski definition) is 4. The summed E-state index contributed by atoms with van der Waals surface area (Å²) in [6.45, 7) is 7.21. The first kappa shape index (κ1) is 19.4. The van der Waals surface area contributed by atoms with Crippen LogP contribution in [0.5, 0.6) is 0 Å². The number of ether oxygens (including phenoxy) is 3. The van der Waals surface area contributed by atoms with Crippen molar-refractivity contribution in [1.82, 2.24) is 0 Å². The lowest BCUT2D eigenvalue weighted by molar-refractivity contribution is -0.147. The number of aliphatic hydroxyl groups is 1. The molecule has 1 fully saturated rings. The minimum atomic E-state index is -0.450. The average Bonchev–Trinajstić information content (AvgIpc) is 3.30. The Bertz CT molecular complexity index is 321. The van der Waals surface area contributed by atoms with Gasteiger partial charge in [-0.3, -0.25) is 0 Å². The molecule has 1 heterocycles. The molecule has 1 rings (SSSR count). The van der Waals surface area contributed by atoms with Crippen LogP contribution in [0.2, 0.25) is 0 Å². The third kappa shape index (κ3) is 7.54. The van der Waals surface area contributed by atoms with Gasteiger partial charge < -0.3 is 19.3 Å². The average molecular weight is 312 g/mol. The maximum atomic E-state index is 10.1. The molecule has 128 valence electrons. The molecule has 0 saturated carbocycles. The highest BCUT2D eigenvalue weighted by atomic mass is 16.7. The molecule has 4 nitrogen and oxygen atoms in total. The van der Waals surface area contributed by atoms with Gasteiger partial charge in [-0.15, -0.1) is 0 Å². The van der Waals surface area contributed by atoms with Crippen LogP contribution in [0.25, 0.3) is 0 Å². The number of epoxide rings is 1. The number of aliphatic hydroxyl groups excluding tert-OH is 1. The highest BCUT2D eigenvalue weighted by Gasteiger charge is 2.50. The summed E-state index contributed by atoms with van der Waals surface area (Å²) in [5.41, 5.74) is 0. The van der Waals surface area contributed by atoms with Gasteiger partial charge in [0.15, 0.2) is 6.29 Å². The lowest BCUT2D eigenvalue weighted by Gasteiger charge is -2.15. The molecule has 0 unspecified atom stereocenters. The monoisotopic (exact) mass is 312 g/mol. The van der Waals surface area contributed by atoms with Crippen molar-refractivity contribution in [3.05, 3.63) is 24.3 Å². The molecule has 1 saturated heterocycles. The molecule has 4 heteroatoms. The van der Waals surface area contributed by atoms with Crippen molar-refractivity contribution in [2.75, 3.05) is 13.2 Å². The topological polar surface area (TPSA) is 51.2 Å². The Morgan fingerprint density at radius 1 is 0.955 bits per heavy atom. The van der Waals surface area contributed by atoms with Gasteiger partial charge in [0.05, 0.1) is 6.10 Å². The van der Waals surface area contributed by atoms with E-state index in [-0.39, 0.29) is 18.5 Å². The third-order valence-electron chi connectivity index (χ3n) is 3.56. The molecule has 3 atom stereocenters. The van der Waals surface area contributed by atoms with Crippen molar-refractivity contribution in [3.63, 3.8) is 0 Å². The van der Waals surface area contributed by atoms with Gasteiger partial charge in [0.1, 0.15) is 12.2 Å². The summed E-state index contributed by atoms with van der Waals surface area (Å²) in [4.78, 5) is 0. The lowest BCUT2D eigenvalue weighted by atomic mass is 10.1. The molecule has 1 aliphatic rings. The van der Waals surface area contributed by atoms with Gasteiger partial charge in [-0.2, -0.15) is 0 Å². The maximum absolute atomic E-state index is 10.1. The van der Waals surface area contributed by atoms with Crippen LogP contribution in [-0.2, 0) is 14.2 Å². The van der Waals surface area contributed by atoms with E-state index in [2.05, 4.69) is 31.2 Å². The molecule has 22 heavy (non-hydrogen) atoms. The van der Waals surface area contributed by atoms with Crippen molar-refractivity contribution >= 4 is 0 Å². The second-order valence-corrected chi connectivity index (χ2v) is 5.46. The van der Waals surface area contributed by atoms with E-state index in [0.29, 0.717) is 19.6 Å². The molecular weight excluding hydrogens is 280 g/mol. The van der Waals surface area contributed by atoms with Gasteiger partial charge >= 0.3 is 0 Å². The summed E-state index contributed by atoms with van der Waals surface area (Å²) in [6, 6.07) is 0. The van der Waals surface area contributed by atoms with Crippen LogP contribution in [0.4, 0.5) is 0 Å². The molecule has 0 spiro atoms. The standard InChI is InChI=1S/C18H32O4/c1-4-7-8-9-10-11-12-13-14-15(19)16-17(22-16)18(20-5-2)21-6-3/h8-9,11-12,15-19H,4-7,10,13-14H2,1-3H3/b9-8+,12-11+/t15-,16+,17+/m0/s1. The Labute approximate surface area is 135 Å². The zero-order valence-corrected chi connectivity index (χ0v) is 14.2. The highest BCUT2D eigenvalue weighted by Crippen LogP contribution is 2.32. The molecule has 1 aliphatic heterocycles. The molecule has 0 aromatic heterocycles. The summed E-state index contributed by atoms with van der Waals surface area (Å²) < 4.78 is 16.5. The largest absolute Gasteiger partial charge is 0.390 e. The summed E-state index contributed by atoms with van der Waals surface area (Å²) in [6.07, 6.45) is 12.5. The van der Waals surface area contributed by atoms with Crippen LogP contribution in [0, 0.1) is 0 Å². The molecule has 0 aromatic rings. The van der Waals surface area contributed by atoms with E-state index in [0.717, 1.165) is 19.3 Å². The zero-order valence-electron chi connectivity index (χ0n) is 14.2. The number of allylic oxidation sites excluding steroid dienone is 4. The van der Waals surface area contributed by atoms with Crippen LogP contribution < -0.4 is 0 Å². The fourth-order valence-electron chi connectivity index (χ4n) is 2.34. The Hall–Kier alpha value is -0.680. The minimum Gasteiger partial charge on any atom is -0.390 e. The number of unbranched alkanes of at least 4 members (excludes halogenated alkanes) is 1. The van der Waals surface area contributed by atoms with Crippen LogP contribution >= 0.6 is 0 Å². The lowest BCUT2D eigenvalue weighted by Crippen LogP contribution is -2.28. The van der Waals surface area contributed by atoms with Gasteiger partial charge in [-0.25, -0.2) is 0 Å². The molecular formula is C18H32O4. The molecule has 1 N–H and O–H groups in total. The first-order valence-electron chi connectivity index (χ1n) is 8.61. The predicted octanol–water partition coefficient (Wildman–Crippen LogP) is 3.60. The predicted molar refractivity (Wildman–Crippen MR) is 88.7 cm³/mol. The fourth-order valence-corrected chi connectivity index (χ4v) is 2.34. The Morgan fingerprint density at radius 2 is 1.59 bits per heavy atom. The summed E-state index contributed by atoms with van der Waals surface area (Å²) in [7, 11) is 0. The third-order valence-corrected chi connectivity index (χ3v) is 3.56. The van der Waals surface area contributed by atoms with Crippen LogP contribution in [0.1, 0.15) is 52.9 Å². The first-order chi connectivity index (χ1) is 10.7. The second-order valence-electron chi connectivity index (χ2n) is 5.46. The molecule has 0 aliphatic carbocycles. The van der Waals surface area contributed by atoms with Gasteiger partial charge in [-0.1, -0.05) is 37.6 Å². The fraction of sp³-hybridized carbons (Fsp3) is 0.778. The molecule has 0 amide bonds. The Balaban J connectivity index is 2.16. The van der Waals surface area contributed by atoms with Crippen molar-refractivity contribution in [1.29, 1.82) is 0 Å². The van der Waals surface area contributed by atoms with Gasteiger partial charge in [0, 0.05) is 13.2 Å². The van der Waals surface area contributed by atoms with Crippen LogP contribution in [0.3, 0.4) is 0 Å². The zero-order chi connectivity index (χ0) is 16.2. The van der Waals surface area contributed by atoms with Crippen molar-refractivity contribution in [3.8, 4) is 0 Å². The summed E-state index contributed by atoms with van der Waals surface area (Å²) >= 11 is 0. The van der Waals surface area contributed by atoms with Crippen molar-refractivity contribution in [2.45, 2.75) is 77.5 Å². The Morgan fingerprint density at radius 3 is 2.18 bits per heavy atom.